The average molecular weight is 426 g/mol. The van der Waals surface area contributed by atoms with E-state index in [1.807, 2.05) is 30.5 Å². The second kappa shape index (κ2) is 8.99. The molecule has 0 spiro atoms. The van der Waals surface area contributed by atoms with Crippen LogP contribution in [0.25, 0.3) is 16.7 Å². The van der Waals surface area contributed by atoms with Gasteiger partial charge in [0.2, 0.25) is 11.5 Å². The minimum atomic E-state index is -0.294. The topological polar surface area (TPSA) is 106 Å². The minimum absolute atomic E-state index is 0.212. The zero-order chi connectivity index (χ0) is 22.0. The van der Waals surface area contributed by atoms with Gasteiger partial charge in [-0.05, 0) is 38.0 Å². The van der Waals surface area contributed by atoms with E-state index >= 15 is 0 Å². The standard InChI is InChI=1S/C22H28N6O3/c1-3-24-21(29)16-13-17-20(25-18-6-5-15(2)14-28(18)22(17)30)27(19(16)23)8-4-7-26-9-11-31-12-10-26/h5-6,13-14,23H,3-4,7-12H2,1-2H3,(H,24,29)/p+1. The Kier molecular flexibility index (Phi) is 6.15. The molecule has 164 valence electrons. The lowest BCUT2D eigenvalue weighted by Gasteiger charge is -2.26. The van der Waals surface area contributed by atoms with Crippen molar-refractivity contribution in [2.45, 2.75) is 26.8 Å². The summed E-state index contributed by atoms with van der Waals surface area (Å²) in [5.74, 6) is 0.0290. The number of rotatable bonds is 6. The number of nitrogens with one attached hydrogen (secondary N) is 1. The van der Waals surface area contributed by atoms with Crippen molar-refractivity contribution in [3.05, 3.63) is 45.9 Å². The van der Waals surface area contributed by atoms with Gasteiger partial charge in [-0.25, -0.2) is 4.57 Å². The van der Waals surface area contributed by atoms with E-state index in [2.05, 4.69) is 10.2 Å². The van der Waals surface area contributed by atoms with Crippen molar-refractivity contribution < 1.29 is 14.1 Å². The first-order chi connectivity index (χ1) is 15.0. The van der Waals surface area contributed by atoms with Crippen LogP contribution in [-0.4, -0.2) is 59.6 Å². The summed E-state index contributed by atoms with van der Waals surface area (Å²) in [6, 6.07) is 5.31. The third kappa shape index (κ3) is 4.24. The maximum Gasteiger partial charge on any atom is 0.278 e. The predicted octanol–water partition coefficient (Wildman–Crippen LogP) is 0.498. The molecule has 31 heavy (non-hydrogen) atoms. The molecule has 1 amide bonds. The monoisotopic (exact) mass is 425 g/mol. The lowest BCUT2D eigenvalue weighted by Crippen LogP contribution is -2.44. The van der Waals surface area contributed by atoms with Gasteiger partial charge in [0.05, 0.1) is 19.8 Å². The summed E-state index contributed by atoms with van der Waals surface area (Å²) in [4.78, 5) is 33.0. The molecular formula is C22H29N6O3+. The molecule has 0 unspecified atom stereocenters. The first-order valence-electron chi connectivity index (χ1n) is 10.7. The molecular weight excluding hydrogens is 396 g/mol. The van der Waals surface area contributed by atoms with E-state index < -0.39 is 0 Å². The number of carbonyl (C=O) groups excluding carboxylic acids is 1. The molecule has 0 aromatic carbocycles. The molecule has 0 radical (unpaired) electrons. The van der Waals surface area contributed by atoms with Crippen molar-refractivity contribution in [2.24, 2.45) is 0 Å². The molecule has 0 saturated carbocycles. The van der Waals surface area contributed by atoms with E-state index in [4.69, 9.17) is 15.5 Å². The summed E-state index contributed by atoms with van der Waals surface area (Å²) in [6.07, 6.45) is 2.58. The lowest BCUT2D eigenvalue weighted by atomic mass is 10.1. The Labute approximate surface area is 180 Å². The number of nitrogens with two attached hydrogens (primary N) is 1. The van der Waals surface area contributed by atoms with Crippen molar-refractivity contribution in [3.63, 3.8) is 0 Å². The molecule has 3 aromatic rings. The fraction of sp³-hybridized carbons (Fsp3) is 0.455. The number of hydrogen-bond acceptors (Lipinski definition) is 6. The van der Waals surface area contributed by atoms with Gasteiger partial charge in [0.1, 0.15) is 10.9 Å². The number of fused-ring (bicyclic) bond motifs is 2. The van der Waals surface area contributed by atoms with Crippen LogP contribution in [0, 0.1) is 6.92 Å². The fourth-order valence-electron chi connectivity index (χ4n) is 4.00. The quantitative estimate of drug-likeness (QED) is 0.440. The summed E-state index contributed by atoms with van der Waals surface area (Å²) < 4.78 is 8.74. The van der Waals surface area contributed by atoms with Crippen LogP contribution in [0.1, 0.15) is 29.3 Å². The van der Waals surface area contributed by atoms with Gasteiger partial charge in [0.15, 0.2) is 0 Å². The first-order valence-corrected chi connectivity index (χ1v) is 10.7. The Hall–Kier alpha value is -3.04. The molecule has 1 aliphatic rings. The number of hydrogen-bond donors (Lipinski definition) is 2. The second-order valence-electron chi connectivity index (χ2n) is 7.85. The fourth-order valence-corrected chi connectivity index (χ4v) is 4.00. The molecule has 4 heterocycles. The second-order valence-corrected chi connectivity index (χ2v) is 7.85. The van der Waals surface area contributed by atoms with Crippen LogP contribution in [0.3, 0.4) is 0 Å². The summed E-state index contributed by atoms with van der Waals surface area (Å²) in [5, 5.41) is 3.16. The molecule has 4 rings (SSSR count). The molecule has 1 aliphatic heterocycles. The molecule has 9 nitrogen and oxygen atoms in total. The van der Waals surface area contributed by atoms with E-state index in [1.165, 1.54) is 4.40 Å². The highest BCUT2D eigenvalue weighted by Gasteiger charge is 2.24. The van der Waals surface area contributed by atoms with Crippen LogP contribution in [0.2, 0.25) is 0 Å². The SMILES string of the molecule is CCNC(=O)c1cc2c(=O)n3cc(C)ccc3nc2[n+](CCCN2CCOCC2)c1N. The number of carbonyl (C=O) groups is 1. The Morgan fingerprint density at radius 1 is 1.32 bits per heavy atom. The molecule has 1 fully saturated rings. The largest absolute Gasteiger partial charge is 0.379 e. The molecule has 0 aliphatic carbocycles. The van der Waals surface area contributed by atoms with E-state index in [1.54, 1.807) is 12.3 Å². The van der Waals surface area contributed by atoms with E-state index in [0.29, 0.717) is 41.2 Å². The van der Waals surface area contributed by atoms with E-state index in [9.17, 15) is 9.59 Å². The van der Waals surface area contributed by atoms with Gasteiger partial charge in [-0.15, -0.1) is 0 Å². The van der Waals surface area contributed by atoms with Crippen LogP contribution in [-0.2, 0) is 11.3 Å². The summed E-state index contributed by atoms with van der Waals surface area (Å²) in [5.41, 5.74) is 8.53. The van der Waals surface area contributed by atoms with Crippen LogP contribution in [0.15, 0.2) is 29.2 Å². The number of aromatic nitrogens is 3. The van der Waals surface area contributed by atoms with Crippen molar-refractivity contribution in [2.75, 3.05) is 45.1 Å². The zero-order valence-corrected chi connectivity index (χ0v) is 18.1. The smallest absolute Gasteiger partial charge is 0.278 e. The van der Waals surface area contributed by atoms with Crippen molar-refractivity contribution in [1.29, 1.82) is 0 Å². The number of amides is 1. The van der Waals surface area contributed by atoms with Crippen LogP contribution < -0.4 is 21.2 Å². The number of aryl methyl sites for hydroxylation is 2. The van der Waals surface area contributed by atoms with Gasteiger partial charge in [-0.2, -0.15) is 0 Å². The van der Waals surface area contributed by atoms with Gasteiger partial charge in [0.25, 0.3) is 17.1 Å². The number of pyridine rings is 2. The maximum absolute atomic E-state index is 13.3. The van der Waals surface area contributed by atoms with Crippen molar-refractivity contribution in [1.82, 2.24) is 19.6 Å². The zero-order valence-electron chi connectivity index (χ0n) is 18.1. The van der Waals surface area contributed by atoms with Gasteiger partial charge in [0, 0.05) is 32.4 Å². The molecule has 3 N–H and O–H groups in total. The van der Waals surface area contributed by atoms with Gasteiger partial charge in [-0.3, -0.25) is 18.9 Å². The number of ether oxygens (including phenoxy) is 1. The number of nitrogens with zero attached hydrogens (tertiary/aromatic N) is 4. The average Bonchev–Trinajstić information content (AvgIpc) is 2.77. The number of anilines is 1. The Morgan fingerprint density at radius 2 is 2.10 bits per heavy atom. The van der Waals surface area contributed by atoms with Crippen LogP contribution >= 0.6 is 0 Å². The Bertz CT molecular complexity index is 1180. The predicted molar refractivity (Wildman–Crippen MR) is 118 cm³/mol. The highest BCUT2D eigenvalue weighted by Crippen LogP contribution is 2.15. The first kappa shape index (κ1) is 21.2. The van der Waals surface area contributed by atoms with Crippen molar-refractivity contribution >= 4 is 28.4 Å². The van der Waals surface area contributed by atoms with Crippen molar-refractivity contribution in [3.8, 4) is 0 Å². The lowest BCUT2D eigenvalue weighted by molar-refractivity contribution is -0.659. The normalized spacial score (nSPS) is 14.9. The summed E-state index contributed by atoms with van der Waals surface area (Å²) in [6.45, 7) is 8.98. The highest BCUT2D eigenvalue weighted by molar-refractivity contribution is 6.00. The van der Waals surface area contributed by atoms with Gasteiger partial charge < -0.3 is 15.8 Å². The molecule has 3 aromatic heterocycles. The minimum Gasteiger partial charge on any atom is -0.379 e. The molecule has 0 bridgehead atoms. The number of morpholine rings is 1. The Morgan fingerprint density at radius 3 is 2.84 bits per heavy atom. The summed E-state index contributed by atoms with van der Waals surface area (Å²) in [7, 11) is 0. The third-order valence-corrected chi connectivity index (χ3v) is 5.64. The highest BCUT2D eigenvalue weighted by atomic mass is 16.5. The molecule has 9 heteroatoms. The van der Waals surface area contributed by atoms with E-state index in [-0.39, 0.29) is 11.5 Å². The van der Waals surface area contributed by atoms with Crippen LogP contribution in [0.4, 0.5) is 5.82 Å². The Balaban J connectivity index is 1.81. The number of nitrogen functional groups attached to an aromatic ring is 1. The molecule has 1 saturated heterocycles. The third-order valence-electron chi connectivity index (χ3n) is 5.64. The summed E-state index contributed by atoms with van der Waals surface area (Å²) >= 11 is 0. The van der Waals surface area contributed by atoms with Gasteiger partial charge >= 0.3 is 0 Å². The van der Waals surface area contributed by atoms with Gasteiger partial charge in [-0.1, -0.05) is 11.1 Å². The van der Waals surface area contributed by atoms with E-state index in [0.717, 1.165) is 44.8 Å². The maximum atomic E-state index is 13.3. The molecule has 0 atom stereocenters. The van der Waals surface area contributed by atoms with Crippen LogP contribution in [0.5, 0.6) is 0 Å².